The van der Waals surface area contributed by atoms with Gasteiger partial charge in [0.1, 0.15) is 17.1 Å². The first kappa shape index (κ1) is 31.4. The molecule has 0 atom stereocenters. The summed E-state index contributed by atoms with van der Waals surface area (Å²) in [4.78, 5) is 51.0. The van der Waals surface area contributed by atoms with Gasteiger partial charge in [0, 0.05) is 45.1 Å². The molecule has 43 heavy (non-hydrogen) atoms. The molecule has 0 saturated carbocycles. The van der Waals surface area contributed by atoms with Crippen molar-refractivity contribution in [1.29, 1.82) is 0 Å². The fraction of sp³-hybridized carbons (Fsp3) is 0.387. The lowest BCUT2D eigenvalue weighted by Gasteiger charge is -2.28. The lowest BCUT2D eigenvalue weighted by Crippen LogP contribution is -2.40. The number of morpholine rings is 1. The Morgan fingerprint density at radius 1 is 0.930 bits per heavy atom. The van der Waals surface area contributed by atoms with E-state index in [9.17, 15) is 14.4 Å². The van der Waals surface area contributed by atoms with Crippen molar-refractivity contribution in [3.63, 3.8) is 0 Å². The van der Waals surface area contributed by atoms with E-state index in [0.29, 0.717) is 30.3 Å². The topological polar surface area (TPSA) is 138 Å². The van der Waals surface area contributed by atoms with Crippen molar-refractivity contribution in [2.45, 2.75) is 39.3 Å². The molecule has 4 rings (SSSR count). The summed E-state index contributed by atoms with van der Waals surface area (Å²) in [5.74, 6) is 0.0255. The molecule has 3 aromatic rings. The van der Waals surface area contributed by atoms with Crippen LogP contribution in [0.1, 0.15) is 43.2 Å². The van der Waals surface area contributed by atoms with Gasteiger partial charge in [-0.1, -0.05) is 24.3 Å². The zero-order chi connectivity index (χ0) is 30.7. The van der Waals surface area contributed by atoms with Crippen molar-refractivity contribution in [2.24, 2.45) is 0 Å². The Hall–Kier alpha value is -4.55. The summed E-state index contributed by atoms with van der Waals surface area (Å²) < 4.78 is 10.7. The molecule has 1 aliphatic heterocycles. The normalized spacial score (nSPS) is 13.6. The van der Waals surface area contributed by atoms with E-state index in [2.05, 4.69) is 30.8 Å². The molecule has 4 amide bonds. The van der Waals surface area contributed by atoms with Gasteiger partial charge in [-0.25, -0.2) is 14.6 Å². The number of urea groups is 1. The van der Waals surface area contributed by atoms with Gasteiger partial charge in [-0.05, 0) is 63.1 Å². The third kappa shape index (κ3) is 10.3. The summed E-state index contributed by atoms with van der Waals surface area (Å²) >= 11 is 0. The van der Waals surface area contributed by atoms with Gasteiger partial charge in [0.15, 0.2) is 0 Å². The highest BCUT2D eigenvalue weighted by Gasteiger charge is 2.19. The maximum absolute atomic E-state index is 13.2. The molecular weight excluding hydrogens is 550 g/mol. The van der Waals surface area contributed by atoms with E-state index < -0.39 is 17.6 Å². The van der Waals surface area contributed by atoms with Crippen LogP contribution in [0.15, 0.2) is 67.0 Å². The molecule has 1 fully saturated rings. The minimum Gasteiger partial charge on any atom is -0.444 e. The standard InChI is InChI=1S/C31H39N7O5/c1-31(2,3)43-30(41)35-25-10-5-4-9-24(25)34-28(39)26-13-12-23(21-33-26)22-38(16-8-15-37-17-19-42-20-18-37)29(40)36-27-11-6-7-14-32-27/h4-7,9-14,21H,8,15-20,22H2,1-3H3,(H,34,39)(H,35,41)(H,32,36,40). The van der Waals surface area contributed by atoms with Crippen molar-refractivity contribution in [1.82, 2.24) is 19.8 Å². The number of hydrogen-bond acceptors (Lipinski definition) is 8. The fourth-order valence-corrected chi connectivity index (χ4v) is 4.36. The van der Waals surface area contributed by atoms with E-state index in [4.69, 9.17) is 9.47 Å². The minimum absolute atomic E-state index is 0.188. The van der Waals surface area contributed by atoms with Crippen LogP contribution < -0.4 is 16.0 Å². The van der Waals surface area contributed by atoms with Crippen LogP contribution in [0.3, 0.4) is 0 Å². The number of carbonyl (C=O) groups is 3. The van der Waals surface area contributed by atoms with Crippen LogP contribution in [0.2, 0.25) is 0 Å². The van der Waals surface area contributed by atoms with Gasteiger partial charge >= 0.3 is 12.1 Å². The number of amides is 4. The van der Waals surface area contributed by atoms with Crippen molar-refractivity contribution < 1.29 is 23.9 Å². The van der Waals surface area contributed by atoms with E-state index in [1.54, 1.807) is 86.6 Å². The molecule has 0 spiro atoms. The highest BCUT2D eigenvalue weighted by atomic mass is 16.6. The number of rotatable bonds is 10. The number of para-hydroxylation sites is 2. The van der Waals surface area contributed by atoms with Crippen molar-refractivity contribution >= 4 is 35.2 Å². The van der Waals surface area contributed by atoms with Gasteiger partial charge in [0.05, 0.1) is 24.6 Å². The highest BCUT2D eigenvalue weighted by molar-refractivity contribution is 6.05. The van der Waals surface area contributed by atoms with E-state index >= 15 is 0 Å². The third-order valence-electron chi connectivity index (χ3n) is 6.43. The van der Waals surface area contributed by atoms with Crippen molar-refractivity contribution in [3.8, 4) is 0 Å². The molecule has 1 aromatic carbocycles. The summed E-state index contributed by atoms with van der Waals surface area (Å²) in [7, 11) is 0. The van der Waals surface area contributed by atoms with Crippen LogP contribution in [0.25, 0.3) is 0 Å². The van der Waals surface area contributed by atoms with Crippen LogP contribution in [-0.4, -0.2) is 82.8 Å². The Bertz CT molecular complexity index is 1360. The smallest absolute Gasteiger partial charge is 0.412 e. The van der Waals surface area contributed by atoms with Crippen LogP contribution in [0, 0.1) is 0 Å². The van der Waals surface area contributed by atoms with Crippen molar-refractivity contribution in [2.75, 3.05) is 55.3 Å². The Morgan fingerprint density at radius 3 is 2.30 bits per heavy atom. The van der Waals surface area contributed by atoms with Crippen LogP contribution in [0.5, 0.6) is 0 Å². The predicted octanol–water partition coefficient (Wildman–Crippen LogP) is 4.83. The fourth-order valence-electron chi connectivity index (χ4n) is 4.36. The molecule has 12 heteroatoms. The van der Waals surface area contributed by atoms with Gasteiger partial charge in [0.25, 0.3) is 5.91 Å². The molecule has 0 unspecified atom stereocenters. The third-order valence-corrected chi connectivity index (χ3v) is 6.43. The average molecular weight is 590 g/mol. The maximum Gasteiger partial charge on any atom is 0.412 e. The number of nitrogens with zero attached hydrogens (tertiary/aromatic N) is 4. The Morgan fingerprint density at radius 2 is 1.65 bits per heavy atom. The molecule has 1 aliphatic rings. The summed E-state index contributed by atoms with van der Waals surface area (Å²) in [5, 5.41) is 8.32. The number of nitrogens with one attached hydrogen (secondary N) is 3. The number of carbonyl (C=O) groups excluding carboxylic acids is 3. The number of hydrogen-bond donors (Lipinski definition) is 3. The number of ether oxygens (including phenoxy) is 2. The second-order valence-electron chi connectivity index (χ2n) is 11.1. The van der Waals surface area contributed by atoms with E-state index in [0.717, 1.165) is 44.8 Å². The number of anilines is 3. The Kier molecular flexibility index (Phi) is 11.0. The van der Waals surface area contributed by atoms with Gasteiger partial charge in [-0.3, -0.25) is 25.3 Å². The van der Waals surface area contributed by atoms with E-state index in [-0.39, 0.29) is 11.7 Å². The van der Waals surface area contributed by atoms with Gasteiger partial charge in [-0.15, -0.1) is 0 Å². The molecule has 0 aliphatic carbocycles. The first-order valence-corrected chi connectivity index (χ1v) is 14.3. The van der Waals surface area contributed by atoms with Crippen molar-refractivity contribution in [3.05, 3.63) is 78.2 Å². The summed E-state index contributed by atoms with van der Waals surface area (Å²) in [6.07, 6.45) is 3.37. The zero-order valence-electron chi connectivity index (χ0n) is 24.8. The summed E-state index contributed by atoms with van der Waals surface area (Å²) in [6.45, 7) is 10.2. The van der Waals surface area contributed by atoms with E-state index in [1.165, 1.54) is 0 Å². The molecule has 3 N–H and O–H groups in total. The van der Waals surface area contributed by atoms with Gasteiger partial charge in [-0.2, -0.15) is 0 Å². The quantitative estimate of drug-likeness (QED) is 0.306. The van der Waals surface area contributed by atoms with E-state index in [1.807, 2.05) is 6.07 Å². The zero-order valence-corrected chi connectivity index (χ0v) is 24.8. The van der Waals surface area contributed by atoms with Gasteiger partial charge < -0.3 is 19.7 Å². The minimum atomic E-state index is -0.661. The lowest BCUT2D eigenvalue weighted by atomic mass is 10.2. The SMILES string of the molecule is CC(C)(C)OC(=O)Nc1ccccc1NC(=O)c1ccc(CN(CCCN2CCOCC2)C(=O)Nc2ccccn2)cn1. The highest BCUT2D eigenvalue weighted by Crippen LogP contribution is 2.23. The maximum atomic E-state index is 13.2. The Labute approximate surface area is 251 Å². The molecular formula is C31H39N7O5. The molecule has 0 radical (unpaired) electrons. The average Bonchev–Trinajstić information content (AvgIpc) is 2.98. The molecule has 228 valence electrons. The number of benzene rings is 1. The first-order chi connectivity index (χ1) is 20.7. The molecule has 12 nitrogen and oxygen atoms in total. The summed E-state index contributed by atoms with van der Waals surface area (Å²) in [5.41, 5.74) is 1.10. The largest absolute Gasteiger partial charge is 0.444 e. The Balaban J connectivity index is 1.38. The van der Waals surface area contributed by atoms with Crippen LogP contribution in [-0.2, 0) is 16.0 Å². The second-order valence-corrected chi connectivity index (χ2v) is 11.1. The predicted molar refractivity (Wildman–Crippen MR) is 164 cm³/mol. The monoisotopic (exact) mass is 589 g/mol. The van der Waals surface area contributed by atoms with Crippen LogP contribution in [0.4, 0.5) is 26.8 Å². The first-order valence-electron chi connectivity index (χ1n) is 14.3. The lowest BCUT2D eigenvalue weighted by molar-refractivity contribution is 0.0365. The van der Waals surface area contributed by atoms with Crippen LogP contribution >= 0.6 is 0 Å². The number of aromatic nitrogens is 2. The second kappa shape index (κ2) is 15.1. The summed E-state index contributed by atoms with van der Waals surface area (Å²) in [6, 6.07) is 15.3. The molecule has 1 saturated heterocycles. The molecule has 3 heterocycles. The molecule has 2 aromatic heterocycles. The molecule has 0 bridgehead atoms. The van der Waals surface area contributed by atoms with Gasteiger partial charge in [0.2, 0.25) is 0 Å². The number of pyridine rings is 2.